The van der Waals surface area contributed by atoms with E-state index in [1.165, 1.54) is 10.9 Å². The average Bonchev–Trinajstić information content (AvgIpc) is 2.98. The molecule has 3 nitrogen and oxygen atoms in total. The molecule has 5 heteroatoms. The maximum Gasteiger partial charge on any atom is 0.150 e. The minimum Gasteiger partial charge on any atom is -0.370 e. The standard InChI is InChI=1S/C15H15N3S2/c1-2-16-14-12(10-20-15-17-7-8-19-15)9-11-5-3-4-6-13(11)18-14/h3-9H,2,10H2,1H3,(H,16,18). The van der Waals surface area contributed by atoms with Gasteiger partial charge in [-0.15, -0.1) is 11.3 Å². The van der Waals surface area contributed by atoms with Gasteiger partial charge in [0.25, 0.3) is 0 Å². The number of rotatable bonds is 5. The Kier molecular flexibility index (Phi) is 4.18. The van der Waals surface area contributed by atoms with Gasteiger partial charge in [0, 0.05) is 34.8 Å². The van der Waals surface area contributed by atoms with E-state index in [2.05, 4.69) is 35.4 Å². The molecule has 0 fully saturated rings. The fourth-order valence-electron chi connectivity index (χ4n) is 2.01. The van der Waals surface area contributed by atoms with Crippen molar-refractivity contribution in [2.45, 2.75) is 17.0 Å². The number of pyridine rings is 1. The molecule has 0 radical (unpaired) electrons. The van der Waals surface area contributed by atoms with Crippen LogP contribution in [0.3, 0.4) is 0 Å². The Hall–Kier alpha value is -1.59. The van der Waals surface area contributed by atoms with Crippen molar-refractivity contribution in [1.82, 2.24) is 9.97 Å². The van der Waals surface area contributed by atoms with Crippen LogP contribution in [0.1, 0.15) is 12.5 Å². The predicted octanol–water partition coefficient (Wildman–Crippen LogP) is 4.42. The molecule has 0 aliphatic rings. The highest BCUT2D eigenvalue weighted by Crippen LogP contribution is 2.29. The van der Waals surface area contributed by atoms with Crippen LogP contribution in [0.2, 0.25) is 0 Å². The number of para-hydroxylation sites is 1. The summed E-state index contributed by atoms with van der Waals surface area (Å²) in [5.41, 5.74) is 2.26. The highest BCUT2D eigenvalue weighted by atomic mass is 32.2. The van der Waals surface area contributed by atoms with Crippen LogP contribution in [-0.2, 0) is 5.75 Å². The van der Waals surface area contributed by atoms with Gasteiger partial charge < -0.3 is 5.32 Å². The van der Waals surface area contributed by atoms with Crippen molar-refractivity contribution in [2.24, 2.45) is 0 Å². The topological polar surface area (TPSA) is 37.8 Å². The van der Waals surface area contributed by atoms with E-state index in [9.17, 15) is 0 Å². The Labute approximate surface area is 126 Å². The van der Waals surface area contributed by atoms with Crippen LogP contribution in [-0.4, -0.2) is 16.5 Å². The van der Waals surface area contributed by atoms with Crippen LogP contribution in [0.5, 0.6) is 0 Å². The van der Waals surface area contributed by atoms with Gasteiger partial charge in [-0.3, -0.25) is 0 Å². The second kappa shape index (κ2) is 6.24. The van der Waals surface area contributed by atoms with Crippen LogP contribution in [0, 0.1) is 0 Å². The first-order valence-corrected chi connectivity index (χ1v) is 8.38. The molecule has 0 aliphatic carbocycles. The van der Waals surface area contributed by atoms with Gasteiger partial charge in [0.15, 0.2) is 0 Å². The van der Waals surface area contributed by atoms with Crippen LogP contribution in [0.25, 0.3) is 10.9 Å². The smallest absolute Gasteiger partial charge is 0.150 e. The molecule has 0 amide bonds. The number of anilines is 1. The third kappa shape index (κ3) is 2.94. The zero-order valence-corrected chi connectivity index (χ0v) is 12.8. The molecule has 1 N–H and O–H groups in total. The third-order valence-electron chi connectivity index (χ3n) is 2.91. The van der Waals surface area contributed by atoms with E-state index in [0.717, 1.165) is 28.0 Å². The number of aromatic nitrogens is 2. The van der Waals surface area contributed by atoms with E-state index >= 15 is 0 Å². The Bertz CT molecular complexity index is 695. The fourth-order valence-corrected chi connectivity index (χ4v) is 3.62. The number of thiazole rings is 1. The number of benzene rings is 1. The van der Waals surface area contributed by atoms with Gasteiger partial charge in [0.2, 0.25) is 0 Å². The first kappa shape index (κ1) is 13.4. The van der Waals surface area contributed by atoms with E-state index in [-0.39, 0.29) is 0 Å². The summed E-state index contributed by atoms with van der Waals surface area (Å²) in [5.74, 6) is 1.86. The zero-order valence-electron chi connectivity index (χ0n) is 11.2. The Morgan fingerprint density at radius 2 is 2.20 bits per heavy atom. The molecule has 20 heavy (non-hydrogen) atoms. The maximum atomic E-state index is 4.72. The van der Waals surface area contributed by atoms with Gasteiger partial charge >= 0.3 is 0 Å². The van der Waals surface area contributed by atoms with Crippen molar-refractivity contribution < 1.29 is 0 Å². The van der Waals surface area contributed by atoms with Crippen LogP contribution >= 0.6 is 23.1 Å². The van der Waals surface area contributed by atoms with E-state index in [0.29, 0.717) is 0 Å². The SMILES string of the molecule is CCNc1nc2ccccc2cc1CSc1nccs1. The van der Waals surface area contributed by atoms with Gasteiger partial charge in [-0.25, -0.2) is 9.97 Å². The molecular formula is C15H15N3S2. The molecule has 0 unspecified atom stereocenters. The summed E-state index contributed by atoms with van der Waals surface area (Å²) in [5, 5.41) is 6.55. The van der Waals surface area contributed by atoms with Crippen molar-refractivity contribution in [3.05, 3.63) is 47.5 Å². The van der Waals surface area contributed by atoms with E-state index in [1.807, 2.05) is 23.7 Å². The van der Waals surface area contributed by atoms with E-state index < -0.39 is 0 Å². The Morgan fingerprint density at radius 3 is 3.00 bits per heavy atom. The van der Waals surface area contributed by atoms with Crippen LogP contribution < -0.4 is 5.32 Å². The minimum absolute atomic E-state index is 0.875. The normalized spacial score (nSPS) is 10.8. The molecule has 0 saturated heterocycles. The first-order chi connectivity index (χ1) is 9.86. The summed E-state index contributed by atoms with van der Waals surface area (Å²) >= 11 is 3.43. The summed E-state index contributed by atoms with van der Waals surface area (Å²) in [6.07, 6.45) is 1.84. The lowest BCUT2D eigenvalue weighted by atomic mass is 10.1. The van der Waals surface area contributed by atoms with Crippen molar-refractivity contribution in [1.29, 1.82) is 0 Å². The number of fused-ring (bicyclic) bond motifs is 1. The largest absolute Gasteiger partial charge is 0.370 e. The molecule has 2 heterocycles. The highest BCUT2D eigenvalue weighted by molar-refractivity contribution is 8.00. The molecule has 102 valence electrons. The molecule has 3 aromatic rings. The molecule has 0 saturated carbocycles. The molecule has 0 spiro atoms. The molecule has 3 rings (SSSR count). The monoisotopic (exact) mass is 301 g/mol. The summed E-state index contributed by atoms with van der Waals surface area (Å²) in [6, 6.07) is 10.5. The first-order valence-electron chi connectivity index (χ1n) is 6.51. The number of hydrogen-bond acceptors (Lipinski definition) is 5. The molecule has 0 aliphatic heterocycles. The van der Waals surface area contributed by atoms with Crippen molar-refractivity contribution in [2.75, 3.05) is 11.9 Å². The molecule has 0 atom stereocenters. The lowest BCUT2D eigenvalue weighted by Crippen LogP contribution is -2.03. The Morgan fingerprint density at radius 1 is 1.30 bits per heavy atom. The minimum atomic E-state index is 0.875. The van der Waals surface area contributed by atoms with Gasteiger partial charge in [-0.2, -0.15) is 0 Å². The second-order valence-electron chi connectivity index (χ2n) is 4.31. The summed E-state index contributed by atoms with van der Waals surface area (Å²) in [7, 11) is 0. The Balaban J connectivity index is 1.92. The van der Waals surface area contributed by atoms with Gasteiger partial charge in [-0.1, -0.05) is 30.0 Å². The third-order valence-corrected chi connectivity index (χ3v) is 4.92. The lowest BCUT2D eigenvalue weighted by Gasteiger charge is -2.10. The van der Waals surface area contributed by atoms with Crippen LogP contribution in [0.15, 0.2) is 46.2 Å². The summed E-state index contributed by atoms with van der Waals surface area (Å²) < 4.78 is 1.10. The average molecular weight is 301 g/mol. The predicted molar refractivity (Wildman–Crippen MR) is 87.6 cm³/mol. The second-order valence-corrected chi connectivity index (χ2v) is 6.42. The molecule has 1 aromatic carbocycles. The number of thioether (sulfide) groups is 1. The van der Waals surface area contributed by atoms with Crippen LogP contribution in [0.4, 0.5) is 5.82 Å². The number of nitrogens with zero attached hydrogens (tertiary/aromatic N) is 2. The summed E-state index contributed by atoms with van der Waals surface area (Å²) in [4.78, 5) is 9.03. The van der Waals surface area contributed by atoms with Gasteiger partial charge in [0.1, 0.15) is 10.2 Å². The van der Waals surface area contributed by atoms with Gasteiger partial charge in [0.05, 0.1) is 5.52 Å². The van der Waals surface area contributed by atoms with E-state index in [4.69, 9.17) is 4.98 Å². The zero-order chi connectivity index (χ0) is 13.8. The number of hydrogen-bond donors (Lipinski definition) is 1. The molecular weight excluding hydrogens is 286 g/mol. The van der Waals surface area contributed by atoms with Crippen molar-refractivity contribution in [3.8, 4) is 0 Å². The maximum absolute atomic E-state index is 4.72. The van der Waals surface area contributed by atoms with E-state index in [1.54, 1.807) is 23.1 Å². The molecule has 0 bridgehead atoms. The summed E-state index contributed by atoms with van der Waals surface area (Å²) in [6.45, 7) is 2.97. The lowest BCUT2D eigenvalue weighted by molar-refractivity contribution is 1.15. The van der Waals surface area contributed by atoms with Crippen molar-refractivity contribution >= 4 is 39.8 Å². The fraction of sp³-hybridized carbons (Fsp3) is 0.200. The quantitative estimate of drug-likeness (QED) is 0.708. The van der Waals surface area contributed by atoms with Gasteiger partial charge in [-0.05, 0) is 19.1 Å². The number of nitrogens with one attached hydrogen (secondary N) is 1. The molecule has 2 aromatic heterocycles. The highest BCUT2D eigenvalue weighted by Gasteiger charge is 2.07. The van der Waals surface area contributed by atoms with Crippen molar-refractivity contribution in [3.63, 3.8) is 0 Å².